The second kappa shape index (κ2) is 6.47. The minimum atomic E-state index is -0.348. The van der Waals surface area contributed by atoms with E-state index < -0.39 is 0 Å². The predicted molar refractivity (Wildman–Crippen MR) is 124 cm³/mol. The third-order valence-corrected chi connectivity index (χ3v) is 7.25. The van der Waals surface area contributed by atoms with Gasteiger partial charge in [0.05, 0.1) is 30.6 Å². The Morgan fingerprint density at radius 1 is 0.812 bits per heavy atom. The van der Waals surface area contributed by atoms with Gasteiger partial charge < -0.3 is 4.74 Å². The van der Waals surface area contributed by atoms with Crippen molar-refractivity contribution in [1.82, 2.24) is 4.90 Å². The van der Waals surface area contributed by atoms with Gasteiger partial charge >= 0.3 is 0 Å². The Bertz CT molecular complexity index is 1440. The number of likely N-dealkylation sites (tertiary alicyclic amines) is 1. The number of fused-ring (bicyclic) bond motifs is 5. The largest absolute Gasteiger partial charge is 0.365 e. The molecule has 2 amide bonds. The lowest BCUT2D eigenvalue weighted by atomic mass is 9.85. The van der Waals surface area contributed by atoms with Crippen LogP contribution in [0, 0.1) is 11.8 Å². The van der Waals surface area contributed by atoms with Gasteiger partial charge in [-0.05, 0) is 32.3 Å². The van der Waals surface area contributed by atoms with Crippen LogP contribution in [-0.4, -0.2) is 48.2 Å². The topological polar surface area (TPSA) is 59.0 Å². The molecule has 4 atom stereocenters. The highest BCUT2D eigenvalue weighted by molar-refractivity contribution is 6.25. The van der Waals surface area contributed by atoms with E-state index in [4.69, 9.17) is 4.74 Å². The van der Waals surface area contributed by atoms with E-state index in [1.54, 1.807) is 0 Å². The van der Waals surface area contributed by atoms with E-state index in [1.165, 1.54) is 37.2 Å². The van der Waals surface area contributed by atoms with Crippen LogP contribution in [0.4, 0.5) is 0 Å². The first-order valence-corrected chi connectivity index (χ1v) is 11.1. The summed E-state index contributed by atoms with van der Waals surface area (Å²) in [6, 6.07) is 19.3. The molecule has 2 bridgehead atoms. The third kappa shape index (κ3) is 2.34. The number of benzene rings is 4. The zero-order valence-electron chi connectivity index (χ0n) is 17.3. The van der Waals surface area contributed by atoms with Crippen molar-refractivity contribution < 1.29 is 14.3 Å². The highest BCUT2D eigenvalue weighted by Crippen LogP contribution is 2.45. The van der Waals surface area contributed by atoms with Gasteiger partial charge in [0.15, 0.2) is 0 Å². The van der Waals surface area contributed by atoms with Crippen LogP contribution in [0.3, 0.4) is 0 Å². The SMILES string of the molecule is O=C1[C@@H]2[C@H](C(=O)N1CCN=Cc1ccc3ccc4cccc5ccc1c3c45)[C@H]1C=C[C@@H]2O1. The smallest absolute Gasteiger partial charge is 0.236 e. The first kappa shape index (κ1) is 18.0. The number of rotatable bonds is 4. The maximum atomic E-state index is 12.8. The Kier molecular flexibility index (Phi) is 3.65. The summed E-state index contributed by atoms with van der Waals surface area (Å²) in [5, 5.41) is 7.38. The van der Waals surface area contributed by atoms with Gasteiger partial charge in [-0.25, -0.2) is 0 Å². The fraction of sp³-hybridized carbons (Fsp3) is 0.222. The monoisotopic (exact) mass is 420 g/mol. The molecule has 32 heavy (non-hydrogen) atoms. The summed E-state index contributed by atoms with van der Waals surface area (Å²) in [4.78, 5) is 31.5. The lowest BCUT2D eigenvalue weighted by Gasteiger charge is -2.16. The van der Waals surface area contributed by atoms with Crippen LogP contribution in [0.2, 0.25) is 0 Å². The van der Waals surface area contributed by atoms with E-state index in [9.17, 15) is 9.59 Å². The first-order valence-electron chi connectivity index (χ1n) is 11.1. The summed E-state index contributed by atoms with van der Waals surface area (Å²) in [5.41, 5.74) is 1.04. The molecule has 0 aliphatic carbocycles. The highest BCUT2D eigenvalue weighted by atomic mass is 16.5. The number of carbonyl (C=O) groups is 2. The van der Waals surface area contributed by atoms with Crippen LogP contribution in [0.25, 0.3) is 32.3 Å². The molecular weight excluding hydrogens is 400 g/mol. The van der Waals surface area contributed by atoms with E-state index in [1.807, 2.05) is 18.4 Å². The van der Waals surface area contributed by atoms with Crippen molar-refractivity contribution in [1.29, 1.82) is 0 Å². The van der Waals surface area contributed by atoms with Gasteiger partial charge in [0, 0.05) is 18.3 Å². The van der Waals surface area contributed by atoms with Gasteiger partial charge in [0.1, 0.15) is 0 Å². The van der Waals surface area contributed by atoms with Crippen LogP contribution >= 0.6 is 0 Å². The Labute approximate surface area is 184 Å². The van der Waals surface area contributed by atoms with E-state index in [-0.39, 0.29) is 35.9 Å². The number of nitrogens with zero attached hydrogens (tertiary/aromatic N) is 2. The number of aliphatic imine (C=N–C) groups is 1. The van der Waals surface area contributed by atoms with Crippen molar-refractivity contribution in [3.8, 4) is 0 Å². The van der Waals surface area contributed by atoms with Gasteiger partial charge in [-0.1, -0.05) is 66.7 Å². The maximum Gasteiger partial charge on any atom is 0.236 e. The average Bonchev–Trinajstić information content (AvgIpc) is 3.50. The number of amides is 2. The summed E-state index contributed by atoms with van der Waals surface area (Å²) in [5.74, 6) is -0.928. The van der Waals surface area contributed by atoms with Crippen molar-refractivity contribution in [3.05, 3.63) is 72.3 Å². The molecule has 0 saturated carbocycles. The van der Waals surface area contributed by atoms with Crippen molar-refractivity contribution in [2.45, 2.75) is 12.2 Å². The molecule has 2 saturated heterocycles. The zero-order valence-corrected chi connectivity index (χ0v) is 17.3. The van der Waals surface area contributed by atoms with Crippen molar-refractivity contribution in [2.75, 3.05) is 13.1 Å². The van der Waals surface area contributed by atoms with E-state index in [0.29, 0.717) is 13.1 Å². The van der Waals surface area contributed by atoms with Crippen molar-refractivity contribution in [2.24, 2.45) is 16.8 Å². The number of hydrogen-bond donors (Lipinski definition) is 0. The molecule has 3 aliphatic rings. The number of hydrogen-bond acceptors (Lipinski definition) is 4. The average molecular weight is 420 g/mol. The summed E-state index contributed by atoms with van der Waals surface area (Å²) < 4.78 is 5.69. The van der Waals surface area contributed by atoms with E-state index in [2.05, 4.69) is 59.6 Å². The molecule has 0 unspecified atom stereocenters. The van der Waals surface area contributed by atoms with Crippen LogP contribution in [-0.2, 0) is 14.3 Å². The summed E-state index contributed by atoms with van der Waals surface area (Å²) in [7, 11) is 0. The van der Waals surface area contributed by atoms with Gasteiger partial charge in [0.25, 0.3) is 0 Å². The standard InChI is InChI=1S/C27H20N2O3/c30-26-24-20-10-11-21(32-20)25(24)27(31)29(26)13-12-28-14-18-7-6-17-5-4-15-2-1-3-16-8-9-19(18)23(17)22(15)16/h1-11,14,20-21,24-25H,12-13H2/t20-,21+,24-,25+. The molecular formula is C27H20N2O3. The highest BCUT2D eigenvalue weighted by Gasteiger charge is 2.60. The summed E-state index contributed by atoms with van der Waals surface area (Å²) in [6.45, 7) is 0.703. The lowest BCUT2D eigenvalue weighted by Crippen LogP contribution is -2.36. The van der Waals surface area contributed by atoms with Gasteiger partial charge in [-0.3, -0.25) is 19.5 Å². The minimum absolute atomic E-state index is 0.116. The quantitative estimate of drug-likeness (QED) is 0.217. The van der Waals surface area contributed by atoms with Crippen molar-refractivity contribution >= 4 is 50.3 Å². The Morgan fingerprint density at radius 3 is 2.16 bits per heavy atom. The van der Waals surface area contributed by atoms with Crippen LogP contribution < -0.4 is 0 Å². The lowest BCUT2D eigenvalue weighted by molar-refractivity contribution is -0.142. The molecule has 0 N–H and O–H groups in total. The van der Waals surface area contributed by atoms with Crippen LogP contribution in [0.1, 0.15) is 5.56 Å². The van der Waals surface area contributed by atoms with Crippen LogP contribution in [0.15, 0.2) is 71.7 Å². The van der Waals surface area contributed by atoms with Gasteiger partial charge in [-0.2, -0.15) is 0 Å². The molecule has 0 aromatic heterocycles. The number of ether oxygens (including phenoxy) is 1. The fourth-order valence-electron chi connectivity index (χ4n) is 5.78. The summed E-state index contributed by atoms with van der Waals surface area (Å²) in [6.07, 6.45) is 5.20. The van der Waals surface area contributed by atoms with Gasteiger partial charge in [-0.15, -0.1) is 0 Å². The van der Waals surface area contributed by atoms with E-state index in [0.717, 1.165) is 5.56 Å². The van der Waals surface area contributed by atoms with Gasteiger partial charge in [0.2, 0.25) is 11.8 Å². The molecule has 5 heteroatoms. The molecule has 4 aromatic rings. The minimum Gasteiger partial charge on any atom is -0.365 e. The Balaban J connectivity index is 1.16. The second-order valence-corrected chi connectivity index (χ2v) is 8.88. The van der Waals surface area contributed by atoms with E-state index >= 15 is 0 Å². The maximum absolute atomic E-state index is 12.8. The number of imide groups is 1. The molecule has 3 heterocycles. The number of carbonyl (C=O) groups excluding carboxylic acids is 2. The predicted octanol–water partition coefficient (Wildman–Crippen LogP) is 3.94. The Morgan fingerprint density at radius 2 is 1.44 bits per heavy atom. The zero-order chi connectivity index (χ0) is 21.4. The third-order valence-electron chi connectivity index (χ3n) is 7.25. The normalized spacial score (nSPS) is 26.7. The Hall–Kier alpha value is -3.57. The summed E-state index contributed by atoms with van der Waals surface area (Å²) >= 11 is 0. The van der Waals surface area contributed by atoms with Crippen LogP contribution in [0.5, 0.6) is 0 Å². The fourth-order valence-corrected chi connectivity index (χ4v) is 5.78. The first-order chi connectivity index (χ1) is 15.7. The van der Waals surface area contributed by atoms with Crippen molar-refractivity contribution in [3.63, 3.8) is 0 Å². The molecule has 156 valence electrons. The second-order valence-electron chi connectivity index (χ2n) is 8.88. The molecule has 0 radical (unpaired) electrons. The molecule has 3 aliphatic heterocycles. The molecule has 7 rings (SSSR count). The molecule has 2 fully saturated rings. The molecule has 4 aromatic carbocycles. The molecule has 5 nitrogen and oxygen atoms in total. The molecule has 0 spiro atoms.